The van der Waals surface area contributed by atoms with E-state index in [1.54, 1.807) is 5.56 Å². The van der Waals surface area contributed by atoms with Crippen molar-refractivity contribution in [3.8, 4) is 0 Å². The van der Waals surface area contributed by atoms with E-state index < -0.39 is 0 Å². The third kappa shape index (κ3) is 5.35. The van der Waals surface area contributed by atoms with Crippen LogP contribution in [0.5, 0.6) is 0 Å². The Hall–Kier alpha value is -0.830. The van der Waals surface area contributed by atoms with Gasteiger partial charge in [0, 0.05) is 4.47 Å². The van der Waals surface area contributed by atoms with Gasteiger partial charge < -0.3 is 4.74 Å². The zero-order valence-corrected chi connectivity index (χ0v) is 12.2. The van der Waals surface area contributed by atoms with E-state index in [2.05, 4.69) is 38.9 Å². The molecule has 0 heterocycles. The van der Waals surface area contributed by atoms with E-state index in [-0.39, 0.29) is 5.60 Å². The van der Waals surface area contributed by atoms with Gasteiger partial charge >= 0.3 is 0 Å². The average Bonchev–Trinajstić information content (AvgIpc) is 2.63. The van der Waals surface area contributed by atoms with Gasteiger partial charge in [-0.15, -0.1) is 0 Å². The van der Waals surface area contributed by atoms with Gasteiger partial charge in [-0.1, -0.05) is 22.0 Å². The summed E-state index contributed by atoms with van der Waals surface area (Å²) >= 11 is 3.46. The van der Waals surface area contributed by atoms with Crippen molar-refractivity contribution in [2.75, 3.05) is 0 Å². The van der Waals surface area contributed by atoms with Crippen LogP contribution in [0.15, 0.2) is 22.7 Å². The van der Waals surface area contributed by atoms with Crippen molar-refractivity contribution in [3.63, 3.8) is 0 Å². The molecular formula is C14H19BrO2. The fourth-order valence-electron chi connectivity index (χ4n) is 1.68. The summed E-state index contributed by atoms with van der Waals surface area (Å²) in [5.74, 6) is 0. The summed E-state index contributed by atoms with van der Waals surface area (Å²) in [6.07, 6.45) is 3.89. The first-order valence-corrected chi connectivity index (χ1v) is 6.60. The van der Waals surface area contributed by atoms with Crippen LogP contribution < -0.4 is 0 Å². The lowest BCUT2D eigenvalue weighted by Crippen LogP contribution is -2.17. The number of aryl methyl sites for hydroxylation is 2. The minimum atomic E-state index is -0.318. The van der Waals surface area contributed by atoms with Crippen molar-refractivity contribution < 1.29 is 9.53 Å². The highest BCUT2D eigenvalue weighted by Crippen LogP contribution is 2.24. The molecular weight excluding hydrogens is 280 g/mol. The summed E-state index contributed by atoms with van der Waals surface area (Å²) in [5.41, 5.74) is 2.76. The number of ether oxygens (including phenoxy) is 1. The zero-order chi connectivity index (χ0) is 12.9. The molecule has 2 rings (SSSR count). The number of hydrogen-bond acceptors (Lipinski definition) is 2. The number of rotatable bonds is 1. The number of carbonyl (C=O) groups is 1. The summed E-state index contributed by atoms with van der Waals surface area (Å²) < 4.78 is 5.76. The third-order valence-electron chi connectivity index (χ3n) is 2.46. The maximum absolute atomic E-state index is 9.60. The standard InChI is InChI=1S/C9H9Br.C5H10O2/c10-9-5-4-7-2-1-3-8(7)6-9;1-5(2,3)7-4-6/h4-6H,1-3H2;4H,1-3H3. The number of carbonyl (C=O) groups excluding carboxylic acids is 1. The summed E-state index contributed by atoms with van der Waals surface area (Å²) in [4.78, 5) is 9.60. The van der Waals surface area contributed by atoms with E-state index in [4.69, 9.17) is 0 Å². The monoisotopic (exact) mass is 298 g/mol. The second-order valence-corrected chi connectivity index (χ2v) is 6.01. The Morgan fingerprint density at radius 3 is 2.41 bits per heavy atom. The fraction of sp³-hybridized carbons (Fsp3) is 0.500. The highest BCUT2D eigenvalue weighted by Gasteiger charge is 2.09. The molecule has 0 aromatic heterocycles. The Balaban J connectivity index is 0.000000185. The number of halogens is 1. The average molecular weight is 299 g/mol. The van der Waals surface area contributed by atoms with Gasteiger partial charge in [-0.3, -0.25) is 4.79 Å². The molecule has 0 bridgehead atoms. The van der Waals surface area contributed by atoms with Gasteiger partial charge in [-0.25, -0.2) is 0 Å². The molecule has 0 atom stereocenters. The van der Waals surface area contributed by atoms with Crippen LogP contribution in [-0.2, 0) is 22.4 Å². The van der Waals surface area contributed by atoms with E-state index in [1.165, 1.54) is 29.3 Å². The largest absolute Gasteiger partial charge is 0.462 e. The lowest BCUT2D eigenvalue weighted by molar-refractivity contribution is -0.138. The van der Waals surface area contributed by atoms with Crippen molar-refractivity contribution in [1.29, 1.82) is 0 Å². The molecule has 17 heavy (non-hydrogen) atoms. The normalized spacial score (nSPS) is 13.4. The van der Waals surface area contributed by atoms with E-state index >= 15 is 0 Å². The van der Waals surface area contributed by atoms with Gasteiger partial charge in [-0.2, -0.15) is 0 Å². The van der Waals surface area contributed by atoms with Gasteiger partial charge in [-0.05, 0) is 63.3 Å². The van der Waals surface area contributed by atoms with Crippen LogP contribution in [0, 0.1) is 0 Å². The summed E-state index contributed by atoms with van der Waals surface area (Å²) in [6.45, 7) is 5.92. The van der Waals surface area contributed by atoms with Crippen molar-refractivity contribution in [2.45, 2.75) is 45.6 Å². The fourth-order valence-corrected chi connectivity index (χ4v) is 2.09. The molecule has 0 aliphatic heterocycles. The molecule has 0 unspecified atom stereocenters. The van der Waals surface area contributed by atoms with Crippen LogP contribution in [0.3, 0.4) is 0 Å². The van der Waals surface area contributed by atoms with Crippen LogP contribution in [0.25, 0.3) is 0 Å². The molecule has 1 aliphatic carbocycles. The van der Waals surface area contributed by atoms with Gasteiger partial charge in [0.05, 0.1) is 0 Å². The molecule has 3 heteroatoms. The first kappa shape index (κ1) is 14.2. The molecule has 0 saturated carbocycles. The molecule has 1 aliphatic rings. The first-order chi connectivity index (χ1) is 7.92. The minimum absolute atomic E-state index is 0.318. The molecule has 1 aromatic rings. The van der Waals surface area contributed by atoms with Gasteiger partial charge in [0.1, 0.15) is 5.60 Å². The van der Waals surface area contributed by atoms with Gasteiger partial charge in [0.2, 0.25) is 0 Å². The van der Waals surface area contributed by atoms with Gasteiger partial charge in [0.25, 0.3) is 6.47 Å². The molecule has 0 N–H and O–H groups in total. The molecule has 2 nitrogen and oxygen atoms in total. The van der Waals surface area contributed by atoms with Gasteiger partial charge in [0.15, 0.2) is 0 Å². The zero-order valence-electron chi connectivity index (χ0n) is 10.6. The molecule has 1 aromatic carbocycles. The van der Waals surface area contributed by atoms with E-state index in [1.807, 2.05) is 20.8 Å². The van der Waals surface area contributed by atoms with E-state index in [0.717, 1.165) is 0 Å². The van der Waals surface area contributed by atoms with Crippen molar-refractivity contribution >= 4 is 22.4 Å². The number of fused-ring (bicyclic) bond motifs is 1. The van der Waals surface area contributed by atoms with Crippen LogP contribution in [-0.4, -0.2) is 12.1 Å². The van der Waals surface area contributed by atoms with Crippen molar-refractivity contribution in [1.82, 2.24) is 0 Å². The molecule has 0 amide bonds. The maximum atomic E-state index is 9.60. The Morgan fingerprint density at radius 1 is 1.24 bits per heavy atom. The van der Waals surface area contributed by atoms with Crippen molar-refractivity contribution in [3.05, 3.63) is 33.8 Å². The lowest BCUT2D eigenvalue weighted by atomic mass is 10.1. The van der Waals surface area contributed by atoms with Crippen LogP contribution in [0.2, 0.25) is 0 Å². The quantitative estimate of drug-likeness (QED) is 0.735. The summed E-state index contributed by atoms with van der Waals surface area (Å²) in [7, 11) is 0. The molecule has 0 radical (unpaired) electrons. The van der Waals surface area contributed by atoms with E-state index in [9.17, 15) is 4.79 Å². The molecule has 0 saturated heterocycles. The maximum Gasteiger partial charge on any atom is 0.293 e. The lowest BCUT2D eigenvalue weighted by Gasteiger charge is -2.14. The van der Waals surface area contributed by atoms with Crippen LogP contribution in [0.1, 0.15) is 38.3 Å². The predicted molar refractivity (Wildman–Crippen MR) is 73.1 cm³/mol. The van der Waals surface area contributed by atoms with Crippen LogP contribution in [0.4, 0.5) is 0 Å². The third-order valence-corrected chi connectivity index (χ3v) is 2.96. The highest BCUT2D eigenvalue weighted by atomic mass is 79.9. The first-order valence-electron chi connectivity index (χ1n) is 5.81. The van der Waals surface area contributed by atoms with E-state index in [0.29, 0.717) is 6.47 Å². The smallest absolute Gasteiger partial charge is 0.293 e. The second-order valence-electron chi connectivity index (χ2n) is 5.09. The molecule has 0 fully saturated rings. The summed E-state index contributed by atoms with van der Waals surface area (Å²) in [6, 6.07) is 6.60. The Bertz CT molecular complexity index is 380. The van der Waals surface area contributed by atoms with Crippen molar-refractivity contribution in [2.24, 2.45) is 0 Å². The second kappa shape index (κ2) is 6.20. The topological polar surface area (TPSA) is 26.3 Å². The Morgan fingerprint density at radius 2 is 1.88 bits per heavy atom. The summed E-state index contributed by atoms with van der Waals surface area (Å²) in [5, 5.41) is 0. The van der Waals surface area contributed by atoms with Crippen LogP contribution >= 0.6 is 15.9 Å². The molecule has 0 spiro atoms. The Kier molecular flexibility index (Phi) is 5.19. The highest BCUT2D eigenvalue weighted by molar-refractivity contribution is 9.10. The Labute approximate surface area is 111 Å². The molecule has 94 valence electrons. The predicted octanol–water partition coefficient (Wildman–Crippen LogP) is 3.90. The SMILES string of the molecule is Brc1ccc2c(c1)CCC2.CC(C)(C)OC=O. The number of hydrogen-bond donors (Lipinski definition) is 0. The number of benzene rings is 1. The minimum Gasteiger partial charge on any atom is -0.462 e.